The van der Waals surface area contributed by atoms with E-state index in [1.165, 1.54) is 12.0 Å². The maximum absolute atomic E-state index is 5.38. The molecular formula is C16H23N5OS. The zero-order chi connectivity index (χ0) is 16.1. The van der Waals surface area contributed by atoms with Gasteiger partial charge in [0.05, 0.1) is 13.2 Å². The van der Waals surface area contributed by atoms with Crippen LogP contribution in [0, 0.1) is 12.8 Å². The number of nitrogens with zero attached hydrogens (tertiary/aromatic N) is 4. The van der Waals surface area contributed by atoms with Crippen LogP contribution >= 0.6 is 11.3 Å². The molecule has 0 bridgehead atoms. The minimum atomic E-state index is 0.638. The molecule has 1 saturated heterocycles. The second-order valence-electron chi connectivity index (χ2n) is 5.88. The highest BCUT2D eigenvalue weighted by atomic mass is 32.1. The number of pyridine rings is 1. The summed E-state index contributed by atoms with van der Waals surface area (Å²) in [5.74, 6) is 1.62. The Morgan fingerprint density at radius 1 is 1.43 bits per heavy atom. The van der Waals surface area contributed by atoms with Crippen molar-refractivity contribution in [1.82, 2.24) is 20.1 Å². The Kier molecular flexibility index (Phi) is 5.40. The van der Waals surface area contributed by atoms with Gasteiger partial charge in [-0.05, 0) is 50.4 Å². The van der Waals surface area contributed by atoms with E-state index < -0.39 is 0 Å². The first-order valence-corrected chi connectivity index (χ1v) is 8.88. The van der Waals surface area contributed by atoms with E-state index in [-0.39, 0.29) is 0 Å². The number of ether oxygens (including phenoxy) is 1. The standard InChI is InChI=1S/C16H23N5OS/c1-3-22-16-20-19-15(23-16)11-21-7-5-13(10-21)9-18-14-8-12(2)4-6-17-14/h4,6,8,13H,3,5,7,9-11H2,1-2H3,(H,17,18). The van der Waals surface area contributed by atoms with E-state index in [9.17, 15) is 0 Å². The number of aryl methyl sites for hydroxylation is 1. The molecule has 0 saturated carbocycles. The zero-order valence-corrected chi connectivity index (χ0v) is 14.5. The molecule has 0 aliphatic carbocycles. The molecule has 124 valence electrons. The lowest BCUT2D eigenvalue weighted by atomic mass is 10.1. The topological polar surface area (TPSA) is 63.2 Å². The molecule has 0 spiro atoms. The molecule has 0 aromatic carbocycles. The van der Waals surface area contributed by atoms with Crippen LogP contribution in [-0.2, 0) is 6.54 Å². The third-order valence-corrected chi connectivity index (χ3v) is 4.75. The molecule has 3 heterocycles. The first-order chi connectivity index (χ1) is 11.2. The molecule has 1 aliphatic heterocycles. The van der Waals surface area contributed by atoms with Crippen molar-refractivity contribution in [3.63, 3.8) is 0 Å². The molecule has 0 radical (unpaired) electrons. The highest BCUT2D eigenvalue weighted by molar-refractivity contribution is 7.13. The van der Waals surface area contributed by atoms with E-state index >= 15 is 0 Å². The fourth-order valence-electron chi connectivity index (χ4n) is 2.78. The molecule has 2 aromatic heterocycles. The molecule has 1 N–H and O–H groups in total. The molecule has 1 unspecified atom stereocenters. The van der Waals surface area contributed by atoms with Gasteiger partial charge in [0.25, 0.3) is 5.19 Å². The maximum atomic E-state index is 5.38. The van der Waals surface area contributed by atoms with Crippen LogP contribution in [0.5, 0.6) is 5.19 Å². The minimum absolute atomic E-state index is 0.638. The predicted molar refractivity (Wildman–Crippen MR) is 91.9 cm³/mol. The molecule has 1 fully saturated rings. The van der Waals surface area contributed by atoms with Crippen molar-refractivity contribution < 1.29 is 4.74 Å². The van der Waals surface area contributed by atoms with Gasteiger partial charge in [0.15, 0.2) is 0 Å². The first-order valence-electron chi connectivity index (χ1n) is 8.07. The summed E-state index contributed by atoms with van der Waals surface area (Å²) < 4.78 is 5.38. The van der Waals surface area contributed by atoms with Gasteiger partial charge < -0.3 is 10.1 Å². The number of anilines is 1. The lowest BCUT2D eigenvalue weighted by Gasteiger charge is -2.15. The van der Waals surface area contributed by atoms with Crippen LogP contribution in [0.4, 0.5) is 5.82 Å². The lowest BCUT2D eigenvalue weighted by Crippen LogP contribution is -2.22. The fraction of sp³-hybridized carbons (Fsp3) is 0.562. The van der Waals surface area contributed by atoms with Gasteiger partial charge in [-0.1, -0.05) is 11.3 Å². The Bertz CT molecular complexity index is 632. The summed E-state index contributed by atoms with van der Waals surface area (Å²) in [4.78, 5) is 6.79. The van der Waals surface area contributed by atoms with Crippen LogP contribution in [0.3, 0.4) is 0 Å². The summed E-state index contributed by atoms with van der Waals surface area (Å²) in [6.07, 6.45) is 3.06. The Morgan fingerprint density at radius 3 is 3.17 bits per heavy atom. The SMILES string of the molecule is CCOc1nnc(CN2CCC(CNc3cc(C)ccn3)C2)s1. The lowest BCUT2D eigenvalue weighted by molar-refractivity contribution is 0.317. The van der Waals surface area contributed by atoms with E-state index in [1.807, 2.05) is 19.2 Å². The van der Waals surface area contributed by atoms with Crippen molar-refractivity contribution in [2.45, 2.75) is 26.8 Å². The van der Waals surface area contributed by atoms with Gasteiger partial charge in [0, 0.05) is 19.3 Å². The summed E-state index contributed by atoms with van der Waals surface area (Å²) in [5.41, 5.74) is 1.23. The molecular weight excluding hydrogens is 310 g/mol. The Balaban J connectivity index is 1.44. The maximum Gasteiger partial charge on any atom is 0.294 e. The summed E-state index contributed by atoms with van der Waals surface area (Å²) in [6, 6.07) is 4.10. The van der Waals surface area contributed by atoms with Crippen LogP contribution < -0.4 is 10.1 Å². The third-order valence-electron chi connectivity index (χ3n) is 3.93. The van der Waals surface area contributed by atoms with Crippen LogP contribution in [0.1, 0.15) is 23.9 Å². The van der Waals surface area contributed by atoms with Gasteiger partial charge >= 0.3 is 0 Å². The first kappa shape index (κ1) is 16.1. The Morgan fingerprint density at radius 2 is 2.35 bits per heavy atom. The Labute approximate surface area is 140 Å². The van der Waals surface area contributed by atoms with Crippen molar-refractivity contribution in [1.29, 1.82) is 0 Å². The Hall–Kier alpha value is -1.73. The van der Waals surface area contributed by atoms with Gasteiger partial charge in [0.1, 0.15) is 10.8 Å². The van der Waals surface area contributed by atoms with Gasteiger partial charge in [0.2, 0.25) is 0 Å². The van der Waals surface area contributed by atoms with E-state index in [1.54, 1.807) is 11.3 Å². The van der Waals surface area contributed by atoms with Crippen molar-refractivity contribution in [3.8, 4) is 5.19 Å². The molecule has 23 heavy (non-hydrogen) atoms. The van der Waals surface area contributed by atoms with E-state index in [2.05, 4.69) is 38.4 Å². The number of likely N-dealkylation sites (tertiary alicyclic amines) is 1. The number of rotatable bonds is 7. The average Bonchev–Trinajstić information content (AvgIpc) is 3.16. The number of hydrogen-bond donors (Lipinski definition) is 1. The third kappa shape index (κ3) is 4.62. The van der Waals surface area contributed by atoms with E-state index in [4.69, 9.17) is 4.74 Å². The fourth-order valence-corrected chi connectivity index (χ4v) is 3.57. The molecule has 6 nitrogen and oxygen atoms in total. The largest absolute Gasteiger partial charge is 0.469 e. The molecule has 1 atom stereocenters. The van der Waals surface area contributed by atoms with Crippen molar-refractivity contribution in [2.75, 3.05) is 31.6 Å². The van der Waals surface area contributed by atoms with Crippen LogP contribution in [0.2, 0.25) is 0 Å². The number of aromatic nitrogens is 3. The molecule has 7 heteroatoms. The zero-order valence-electron chi connectivity index (χ0n) is 13.7. The molecule has 1 aliphatic rings. The summed E-state index contributed by atoms with van der Waals surface area (Å²) in [5, 5.41) is 13.4. The highest BCUT2D eigenvalue weighted by Gasteiger charge is 2.23. The monoisotopic (exact) mass is 333 g/mol. The van der Waals surface area contributed by atoms with E-state index in [0.29, 0.717) is 17.7 Å². The molecule has 2 aromatic rings. The quantitative estimate of drug-likeness (QED) is 0.840. The van der Waals surface area contributed by atoms with Gasteiger partial charge in [-0.25, -0.2) is 4.98 Å². The number of hydrogen-bond acceptors (Lipinski definition) is 7. The highest BCUT2D eigenvalue weighted by Crippen LogP contribution is 2.23. The van der Waals surface area contributed by atoms with E-state index in [0.717, 1.165) is 37.0 Å². The van der Waals surface area contributed by atoms with Crippen molar-refractivity contribution in [2.24, 2.45) is 5.92 Å². The molecule has 0 amide bonds. The predicted octanol–water partition coefficient (Wildman–Crippen LogP) is 2.57. The van der Waals surface area contributed by atoms with Gasteiger partial charge in [-0.15, -0.1) is 10.2 Å². The number of nitrogens with one attached hydrogen (secondary N) is 1. The summed E-state index contributed by atoms with van der Waals surface area (Å²) in [6.45, 7) is 8.71. The van der Waals surface area contributed by atoms with Gasteiger partial charge in [-0.2, -0.15) is 0 Å². The van der Waals surface area contributed by atoms with Crippen LogP contribution in [-0.4, -0.2) is 46.3 Å². The second-order valence-corrected chi connectivity index (χ2v) is 6.91. The average molecular weight is 333 g/mol. The summed E-state index contributed by atoms with van der Waals surface area (Å²) >= 11 is 1.55. The second kappa shape index (κ2) is 7.70. The van der Waals surface area contributed by atoms with Crippen molar-refractivity contribution in [3.05, 3.63) is 28.9 Å². The van der Waals surface area contributed by atoms with Crippen LogP contribution in [0.15, 0.2) is 18.3 Å². The normalized spacial score (nSPS) is 18.3. The van der Waals surface area contributed by atoms with Crippen molar-refractivity contribution >= 4 is 17.2 Å². The smallest absolute Gasteiger partial charge is 0.294 e. The van der Waals surface area contributed by atoms with Gasteiger partial charge in [-0.3, -0.25) is 4.90 Å². The summed E-state index contributed by atoms with van der Waals surface area (Å²) in [7, 11) is 0. The molecule has 3 rings (SSSR count). The van der Waals surface area contributed by atoms with Crippen LogP contribution in [0.25, 0.3) is 0 Å². The minimum Gasteiger partial charge on any atom is -0.469 e.